The van der Waals surface area contributed by atoms with Gasteiger partial charge >= 0.3 is 5.69 Å². The predicted octanol–water partition coefficient (Wildman–Crippen LogP) is 5.56. The number of halogens is 6. The van der Waals surface area contributed by atoms with Gasteiger partial charge in [0.05, 0.1) is 47.2 Å². The van der Waals surface area contributed by atoms with Gasteiger partial charge in [-0.1, -0.05) is 6.07 Å². The van der Waals surface area contributed by atoms with Crippen molar-refractivity contribution >= 4 is 51.6 Å². The second-order valence-electron chi connectivity index (χ2n) is 17.5. The Morgan fingerprint density at radius 2 is 1.73 bits per heavy atom. The molecule has 0 spiro atoms. The molecule has 3 amide bonds. The summed E-state index contributed by atoms with van der Waals surface area (Å²) in [4.78, 5) is 60.9. The number of hydrogen-bond acceptors (Lipinski definition) is 10. The van der Waals surface area contributed by atoms with Gasteiger partial charge in [0, 0.05) is 64.9 Å². The molecular formula is C42H48F6N12O4. The van der Waals surface area contributed by atoms with Crippen molar-refractivity contribution in [3.8, 4) is 0 Å². The third kappa shape index (κ3) is 8.08. The zero-order valence-electron chi connectivity index (χ0n) is 35.2. The molecule has 5 aromatic rings. The van der Waals surface area contributed by atoms with E-state index in [9.17, 15) is 36.7 Å². The minimum absolute atomic E-state index is 0.00377. The number of alkyl halides is 6. The molecule has 1 aromatic carbocycles. The lowest BCUT2D eigenvalue weighted by Crippen LogP contribution is -2.58. The number of amides is 3. The number of carbonyl (C=O) groups is 3. The van der Waals surface area contributed by atoms with Crippen LogP contribution in [0.4, 0.5) is 43.5 Å². The number of aromatic nitrogens is 7. The van der Waals surface area contributed by atoms with Gasteiger partial charge in [-0.05, 0) is 69.7 Å². The fraction of sp³-hybridized carbons (Fsp3) is 0.548. The summed E-state index contributed by atoms with van der Waals surface area (Å²) in [6, 6.07) is 4.41. The number of benzene rings is 1. The maximum atomic E-state index is 16.2. The monoisotopic (exact) mass is 898 g/mol. The number of rotatable bonds is 10. The topological polar surface area (TPSA) is 160 Å². The number of aryl methyl sites for hydroxylation is 1. The molecule has 4 fully saturated rings. The van der Waals surface area contributed by atoms with Crippen molar-refractivity contribution in [3.05, 3.63) is 64.6 Å². The summed E-state index contributed by atoms with van der Waals surface area (Å²) in [7, 11) is 3.23. The van der Waals surface area contributed by atoms with Gasteiger partial charge in [-0.15, -0.1) is 0 Å². The SMILES string of the molecule is CN(C[C@H]1CC[C@H](n2cc(NC(=O)c3cnn4ccc(N5CCC(F)(F)CC5)nc34)c(C(F)F)n2)CC1)C1CCN(c2cccc3c2n(C)c(=O)n3C2CCC(=O)NC2=O)CC1(F)F. The first-order chi connectivity index (χ1) is 30.5. The van der Waals surface area contributed by atoms with Crippen molar-refractivity contribution in [2.24, 2.45) is 13.0 Å². The van der Waals surface area contributed by atoms with E-state index in [1.54, 1.807) is 52.2 Å². The Morgan fingerprint density at radius 3 is 2.44 bits per heavy atom. The molecule has 9 rings (SSSR count). The molecule has 3 saturated heterocycles. The third-order valence-electron chi connectivity index (χ3n) is 13.4. The van der Waals surface area contributed by atoms with Gasteiger partial charge in [0.2, 0.25) is 11.8 Å². The Balaban J connectivity index is 0.824. The molecule has 4 aromatic heterocycles. The molecule has 1 aliphatic carbocycles. The number of piperidine rings is 3. The maximum Gasteiger partial charge on any atom is 0.329 e. The molecule has 7 heterocycles. The van der Waals surface area contributed by atoms with Crippen molar-refractivity contribution in [2.45, 2.75) is 94.2 Å². The summed E-state index contributed by atoms with van der Waals surface area (Å²) in [5.74, 6) is -7.17. The molecule has 1 saturated carbocycles. The van der Waals surface area contributed by atoms with Crippen LogP contribution in [0, 0.1) is 5.92 Å². The molecule has 64 heavy (non-hydrogen) atoms. The standard InChI is InChI=1S/C42H48F6N12O4/c1-54(31-12-16-57(23-42(31,47)48)28-4-3-5-29-35(28)55(2)40(64)60(29)30-10-11-33(61)52-39(30)63)21-24-6-8-25(9-7-24)59-22-27(34(53-59)36(43)44)50-38(62)26-20-49-58-17-13-32(51-37(26)58)56-18-14-41(45,46)15-19-56/h3-5,13,17,20,22,24-25,30-31,36H,6-12,14-16,18-19,21,23H2,1-2H3,(H,50,62)(H,52,61,63)/t24-,25-,30?,31?. The van der Waals surface area contributed by atoms with Crippen molar-refractivity contribution in [1.29, 1.82) is 0 Å². The second-order valence-corrected chi connectivity index (χ2v) is 17.5. The fourth-order valence-corrected chi connectivity index (χ4v) is 10.0. The van der Waals surface area contributed by atoms with Gasteiger partial charge in [-0.2, -0.15) is 10.2 Å². The Morgan fingerprint density at radius 1 is 0.984 bits per heavy atom. The first-order valence-corrected chi connectivity index (χ1v) is 21.5. The van der Waals surface area contributed by atoms with Crippen LogP contribution in [0.25, 0.3) is 16.7 Å². The van der Waals surface area contributed by atoms with E-state index in [4.69, 9.17) is 0 Å². The van der Waals surface area contributed by atoms with Crippen LogP contribution in [0.2, 0.25) is 0 Å². The van der Waals surface area contributed by atoms with E-state index in [1.165, 1.54) is 37.8 Å². The van der Waals surface area contributed by atoms with Crippen LogP contribution in [0.15, 0.2) is 47.7 Å². The summed E-state index contributed by atoms with van der Waals surface area (Å²) >= 11 is 0. The highest BCUT2D eigenvalue weighted by molar-refractivity contribution is 6.08. The normalized spacial score (nSPS) is 24.0. The van der Waals surface area contributed by atoms with Gasteiger partial charge in [0.25, 0.3) is 24.2 Å². The van der Waals surface area contributed by atoms with Crippen molar-refractivity contribution in [3.63, 3.8) is 0 Å². The number of para-hydroxylation sites is 1. The van der Waals surface area contributed by atoms with Crippen LogP contribution in [0.1, 0.15) is 92.3 Å². The van der Waals surface area contributed by atoms with Gasteiger partial charge in [-0.3, -0.25) is 38.4 Å². The smallest absolute Gasteiger partial charge is 0.329 e. The third-order valence-corrected chi connectivity index (χ3v) is 13.4. The first-order valence-electron chi connectivity index (χ1n) is 21.5. The Bertz CT molecular complexity index is 2660. The highest BCUT2D eigenvalue weighted by Gasteiger charge is 2.48. The largest absolute Gasteiger partial charge is 0.364 e. The van der Waals surface area contributed by atoms with E-state index in [1.807, 2.05) is 0 Å². The lowest BCUT2D eigenvalue weighted by atomic mass is 9.85. The van der Waals surface area contributed by atoms with Gasteiger partial charge in [-0.25, -0.2) is 40.6 Å². The summed E-state index contributed by atoms with van der Waals surface area (Å²) in [5.41, 5.74) is 0.177. The van der Waals surface area contributed by atoms with Gasteiger partial charge < -0.3 is 15.1 Å². The van der Waals surface area contributed by atoms with E-state index < -0.39 is 66.0 Å². The van der Waals surface area contributed by atoms with E-state index in [-0.39, 0.29) is 80.6 Å². The summed E-state index contributed by atoms with van der Waals surface area (Å²) in [6.07, 6.45) is 3.27. The molecule has 0 radical (unpaired) electrons. The maximum absolute atomic E-state index is 16.2. The number of imide groups is 1. The predicted molar refractivity (Wildman–Crippen MR) is 222 cm³/mol. The number of fused-ring (bicyclic) bond motifs is 2. The Labute approximate surface area is 362 Å². The number of hydrogen-bond donors (Lipinski definition) is 2. The summed E-state index contributed by atoms with van der Waals surface area (Å²) in [6.45, 7) is 0.253. The highest BCUT2D eigenvalue weighted by atomic mass is 19.3. The van der Waals surface area contributed by atoms with Crippen molar-refractivity contribution in [2.75, 3.05) is 54.9 Å². The van der Waals surface area contributed by atoms with E-state index in [2.05, 4.69) is 25.8 Å². The van der Waals surface area contributed by atoms with Gasteiger partial charge in [0.15, 0.2) is 11.3 Å². The Kier molecular flexibility index (Phi) is 11.2. The average Bonchev–Trinajstić information content (AvgIpc) is 3.95. The molecule has 2 unspecified atom stereocenters. The number of nitrogens with zero attached hydrogens (tertiary/aromatic N) is 10. The Hall–Kier alpha value is -5.93. The molecule has 2 N–H and O–H groups in total. The van der Waals surface area contributed by atoms with Crippen molar-refractivity contribution < 1.29 is 40.7 Å². The van der Waals surface area contributed by atoms with E-state index in [0.717, 1.165) is 0 Å². The fourth-order valence-electron chi connectivity index (χ4n) is 10.0. The highest BCUT2D eigenvalue weighted by Crippen LogP contribution is 2.40. The minimum Gasteiger partial charge on any atom is -0.364 e. The first kappa shape index (κ1) is 43.3. The lowest BCUT2D eigenvalue weighted by Gasteiger charge is -2.44. The van der Waals surface area contributed by atoms with Crippen LogP contribution in [-0.4, -0.2) is 114 Å². The molecule has 342 valence electrons. The molecule has 4 aliphatic rings. The van der Waals surface area contributed by atoms with Crippen LogP contribution >= 0.6 is 0 Å². The zero-order valence-corrected chi connectivity index (χ0v) is 35.2. The number of imidazole rings is 1. The lowest BCUT2D eigenvalue weighted by molar-refractivity contribution is -0.135. The van der Waals surface area contributed by atoms with E-state index >= 15 is 8.78 Å². The number of nitrogens with one attached hydrogen (secondary N) is 2. The summed E-state index contributed by atoms with van der Waals surface area (Å²) in [5, 5.41) is 13.2. The van der Waals surface area contributed by atoms with Crippen LogP contribution < -0.4 is 26.1 Å². The van der Waals surface area contributed by atoms with E-state index in [0.29, 0.717) is 54.8 Å². The molecule has 22 heteroatoms. The molecule has 3 aliphatic heterocycles. The second kappa shape index (κ2) is 16.6. The number of anilines is 3. The molecule has 16 nitrogen and oxygen atoms in total. The molecular weight excluding hydrogens is 851 g/mol. The molecule has 0 bridgehead atoms. The van der Waals surface area contributed by atoms with Crippen molar-refractivity contribution in [1.82, 2.24) is 43.7 Å². The van der Waals surface area contributed by atoms with Gasteiger partial charge in [0.1, 0.15) is 17.4 Å². The van der Waals surface area contributed by atoms with Crippen LogP contribution in [0.5, 0.6) is 0 Å². The zero-order chi connectivity index (χ0) is 45.2. The quantitative estimate of drug-likeness (QED) is 0.134. The number of carbonyl (C=O) groups excluding carboxylic acids is 3. The van der Waals surface area contributed by atoms with Crippen LogP contribution in [0.3, 0.4) is 0 Å². The van der Waals surface area contributed by atoms with Crippen LogP contribution in [-0.2, 0) is 16.6 Å². The molecule has 2 atom stereocenters. The summed E-state index contributed by atoms with van der Waals surface area (Å²) < 4.78 is 93.9. The minimum atomic E-state index is -3.13. The average molecular weight is 899 g/mol.